The fraction of sp³-hybridized carbons (Fsp3) is 0.176. The molecule has 1 aliphatic rings. The van der Waals surface area contributed by atoms with Crippen molar-refractivity contribution in [2.24, 2.45) is 0 Å². The summed E-state index contributed by atoms with van der Waals surface area (Å²) in [7, 11) is 0. The number of nitrogens with zero attached hydrogens (tertiary/aromatic N) is 3. The Hall–Kier alpha value is -3.02. The van der Waals surface area contributed by atoms with Gasteiger partial charge in [-0.2, -0.15) is 0 Å². The molecule has 1 N–H and O–H groups in total. The second-order valence-corrected chi connectivity index (χ2v) is 5.36. The van der Waals surface area contributed by atoms with Crippen LogP contribution in [0.3, 0.4) is 0 Å². The van der Waals surface area contributed by atoms with Crippen molar-refractivity contribution in [2.45, 2.75) is 6.92 Å². The number of aromatic nitrogens is 2. The van der Waals surface area contributed by atoms with Gasteiger partial charge in [-0.1, -0.05) is 0 Å². The highest BCUT2D eigenvalue weighted by atomic mass is 16.5. The van der Waals surface area contributed by atoms with Gasteiger partial charge in [0.1, 0.15) is 5.75 Å². The number of carbonyl (C=O) groups is 1. The number of hydrogen-bond acceptors (Lipinski definition) is 4. The summed E-state index contributed by atoms with van der Waals surface area (Å²) in [6, 6.07) is 9.01. The molecule has 0 saturated heterocycles. The molecule has 23 heavy (non-hydrogen) atoms. The Kier molecular flexibility index (Phi) is 2.97. The lowest BCUT2D eigenvalue weighted by Crippen LogP contribution is -2.38. The van der Waals surface area contributed by atoms with Gasteiger partial charge in [0.2, 0.25) is 0 Å². The zero-order chi connectivity index (χ0) is 16.0. The number of likely N-dealkylation sites (N-methyl/N-ethyl adjacent to an activating group) is 1. The maximum absolute atomic E-state index is 12.0. The van der Waals surface area contributed by atoms with E-state index in [-0.39, 0.29) is 18.3 Å². The number of amides is 1. The Morgan fingerprint density at radius 2 is 2.22 bits per heavy atom. The molecule has 1 aromatic carbocycles. The number of fused-ring (bicyclic) bond motifs is 2. The van der Waals surface area contributed by atoms with Crippen LogP contribution >= 0.6 is 0 Å². The zero-order valence-corrected chi connectivity index (χ0v) is 12.6. The van der Waals surface area contributed by atoms with Crippen LogP contribution in [0.1, 0.15) is 6.92 Å². The van der Waals surface area contributed by atoms with Gasteiger partial charge in [0.15, 0.2) is 18.0 Å². The van der Waals surface area contributed by atoms with Crippen LogP contribution in [-0.2, 0) is 4.79 Å². The van der Waals surface area contributed by atoms with Gasteiger partial charge in [-0.05, 0) is 37.3 Å². The maximum Gasteiger partial charge on any atom is 0.265 e. The van der Waals surface area contributed by atoms with E-state index in [0.717, 1.165) is 16.9 Å². The fourth-order valence-corrected chi connectivity index (χ4v) is 2.85. The van der Waals surface area contributed by atoms with Gasteiger partial charge in [0, 0.05) is 24.5 Å². The topological polar surface area (TPSA) is 67.1 Å². The van der Waals surface area contributed by atoms with Crippen LogP contribution in [0.4, 0.5) is 5.69 Å². The molecule has 1 amide bonds. The van der Waals surface area contributed by atoms with E-state index in [2.05, 4.69) is 4.98 Å². The number of ether oxygens (including phenoxy) is 1. The smallest absolute Gasteiger partial charge is 0.265 e. The maximum atomic E-state index is 12.0. The SMILES string of the molecule is CCN1C(=O)COc2ccc(-c3cn4cccc(O)c4n3)cc21. The third kappa shape index (κ3) is 2.11. The minimum atomic E-state index is -0.0511. The van der Waals surface area contributed by atoms with Crippen LogP contribution in [-0.4, -0.2) is 33.6 Å². The van der Waals surface area contributed by atoms with Gasteiger partial charge in [0.05, 0.1) is 11.4 Å². The summed E-state index contributed by atoms with van der Waals surface area (Å²) in [4.78, 5) is 18.1. The molecule has 0 atom stereocenters. The zero-order valence-electron chi connectivity index (χ0n) is 12.6. The summed E-state index contributed by atoms with van der Waals surface area (Å²) in [6.45, 7) is 2.59. The molecule has 6 nitrogen and oxygen atoms in total. The first kappa shape index (κ1) is 13.6. The molecule has 0 spiro atoms. The summed E-state index contributed by atoms with van der Waals surface area (Å²) < 4.78 is 7.25. The number of rotatable bonds is 2. The first-order chi connectivity index (χ1) is 11.2. The molecular weight excluding hydrogens is 294 g/mol. The van der Waals surface area contributed by atoms with Crippen molar-refractivity contribution in [1.29, 1.82) is 0 Å². The molecule has 0 fully saturated rings. The lowest BCUT2D eigenvalue weighted by molar-refractivity contribution is -0.121. The average Bonchev–Trinajstić information content (AvgIpc) is 3.00. The number of aromatic hydroxyl groups is 1. The van der Waals surface area contributed by atoms with Crippen molar-refractivity contribution in [3.8, 4) is 22.8 Å². The van der Waals surface area contributed by atoms with Gasteiger partial charge < -0.3 is 19.1 Å². The minimum absolute atomic E-state index is 0.0511. The van der Waals surface area contributed by atoms with Gasteiger partial charge in [-0.15, -0.1) is 0 Å². The summed E-state index contributed by atoms with van der Waals surface area (Å²) in [6.07, 6.45) is 3.67. The largest absolute Gasteiger partial charge is 0.504 e. The van der Waals surface area contributed by atoms with Crippen molar-refractivity contribution >= 4 is 17.2 Å². The Labute approximate surface area is 132 Å². The monoisotopic (exact) mass is 309 g/mol. The fourth-order valence-electron chi connectivity index (χ4n) is 2.85. The van der Waals surface area contributed by atoms with Crippen LogP contribution in [0, 0.1) is 0 Å². The first-order valence-electron chi connectivity index (χ1n) is 7.41. The Morgan fingerprint density at radius 3 is 3.00 bits per heavy atom. The molecule has 3 aromatic rings. The molecule has 0 saturated carbocycles. The van der Waals surface area contributed by atoms with Gasteiger partial charge >= 0.3 is 0 Å². The highest BCUT2D eigenvalue weighted by molar-refractivity contribution is 5.98. The third-order valence-electron chi connectivity index (χ3n) is 3.98. The predicted octanol–water partition coefficient (Wildman–Crippen LogP) is 2.45. The summed E-state index contributed by atoms with van der Waals surface area (Å²) in [5.74, 6) is 0.775. The van der Waals surface area contributed by atoms with E-state index in [9.17, 15) is 9.90 Å². The standard InChI is InChI=1S/C17H15N3O3/c1-2-20-13-8-11(5-6-15(13)23-10-16(20)22)12-9-19-7-3-4-14(21)17(19)18-12/h3-9,21H,2,10H2,1H3. The highest BCUT2D eigenvalue weighted by Crippen LogP contribution is 2.36. The molecule has 6 heteroatoms. The molecule has 0 radical (unpaired) electrons. The van der Waals surface area contributed by atoms with Gasteiger partial charge in [-0.3, -0.25) is 4.79 Å². The third-order valence-corrected chi connectivity index (χ3v) is 3.98. The van der Waals surface area contributed by atoms with E-state index in [1.165, 1.54) is 0 Å². The lowest BCUT2D eigenvalue weighted by Gasteiger charge is -2.28. The van der Waals surface area contributed by atoms with Crippen molar-refractivity contribution < 1.29 is 14.6 Å². The van der Waals surface area contributed by atoms with Gasteiger partial charge in [-0.25, -0.2) is 4.98 Å². The summed E-state index contributed by atoms with van der Waals surface area (Å²) >= 11 is 0. The van der Waals surface area contributed by atoms with E-state index in [0.29, 0.717) is 17.9 Å². The van der Waals surface area contributed by atoms with Crippen molar-refractivity contribution in [2.75, 3.05) is 18.1 Å². The number of anilines is 1. The molecule has 0 bridgehead atoms. The van der Waals surface area contributed by atoms with Crippen molar-refractivity contribution in [1.82, 2.24) is 9.38 Å². The number of pyridine rings is 1. The van der Waals surface area contributed by atoms with Crippen LogP contribution in [0.25, 0.3) is 16.9 Å². The lowest BCUT2D eigenvalue weighted by atomic mass is 10.1. The summed E-state index contributed by atoms with van der Waals surface area (Å²) in [5.41, 5.74) is 2.84. The van der Waals surface area contributed by atoms with E-state index < -0.39 is 0 Å². The number of imidazole rings is 1. The number of hydrogen-bond donors (Lipinski definition) is 1. The molecule has 116 valence electrons. The van der Waals surface area contributed by atoms with Crippen molar-refractivity contribution in [3.05, 3.63) is 42.7 Å². The van der Waals surface area contributed by atoms with Crippen molar-refractivity contribution in [3.63, 3.8) is 0 Å². The molecule has 3 heterocycles. The Balaban J connectivity index is 1.84. The second kappa shape index (κ2) is 5.01. The Bertz CT molecular complexity index is 917. The van der Waals surface area contributed by atoms with Crippen LogP contribution in [0.5, 0.6) is 11.5 Å². The quantitative estimate of drug-likeness (QED) is 0.789. The van der Waals surface area contributed by atoms with E-state index in [4.69, 9.17) is 4.74 Å². The molecule has 0 aliphatic carbocycles. The molecule has 4 rings (SSSR count). The molecular formula is C17H15N3O3. The van der Waals surface area contributed by atoms with Crippen LogP contribution in [0.15, 0.2) is 42.7 Å². The molecule has 0 unspecified atom stereocenters. The van der Waals surface area contributed by atoms with E-state index in [1.807, 2.05) is 37.5 Å². The minimum Gasteiger partial charge on any atom is -0.504 e. The van der Waals surface area contributed by atoms with Gasteiger partial charge in [0.25, 0.3) is 5.91 Å². The molecule has 1 aliphatic heterocycles. The number of benzene rings is 1. The van der Waals surface area contributed by atoms with E-state index >= 15 is 0 Å². The second-order valence-electron chi connectivity index (χ2n) is 5.36. The average molecular weight is 309 g/mol. The first-order valence-corrected chi connectivity index (χ1v) is 7.41. The molecule has 2 aromatic heterocycles. The van der Waals surface area contributed by atoms with E-state index in [1.54, 1.807) is 21.4 Å². The van der Waals surface area contributed by atoms with Crippen LogP contribution < -0.4 is 9.64 Å². The van der Waals surface area contributed by atoms with Crippen LogP contribution in [0.2, 0.25) is 0 Å². The predicted molar refractivity (Wildman–Crippen MR) is 85.8 cm³/mol. The highest BCUT2D eigenvalue weighted by Gasteiger charge is 2.24. The summed E-state index contributed by atoms with van der Waals surface area (Å²) in [5, 5.41) is 9.88. The Morgan fingerprint density at radius 1 is 1.35 bits per heavy atom. The normalized spacial score (nSPS) is 14.0. The number of carbonyl (C=O) groups excluding carboxylic acids is 1.